The van der Waals surface area contributed by atoms with Crippen LogP contribution in [0.5, 0.6) is 11.5 Å². The van der Waals surface area contributed by atoms with E-state index in [-0.39, 0.29) is 17.9 Å². The minimum atomic E-state index is -0.668. The molecule has 0 bridgehead atoms. The maximum Gasteiger partial charge on any atom is 0.353 e. The van der Waals surface area contributed by atoms with Gasteiger partial charge in [0.2, 0.25) is 0 Å². The van der Waals surface area contributed by atoms with Crippen molar-refractivity contribution in [3.63, 3.8) is 0 Å². The third-order valence-corrected chi connectivity index (χ3v) is 4.35. The molecule has 0 radical (unpaired) electrons. The lowest BCUT2D eigenvalue weighted by Gasteiger charge is -2.09. The van der Waals surface area contributed by atoms with Gasteiger partial charge < -0.3 is 14.2 Å². The van der Waals surface area contributed by atoms with Crippen molar-refractivity contribution in [1.82, 2.24) is 0 Å². The molecule has 0 saturated carbocycles. The van der Waals surface area contributed by atoms with Crippen molar-refractivity contribution in [3.8, 4) is 17.6 Å². The maximum absolute atomic E-state index is 12.1. The molecule has 1 heterocycles. The highest BCUT2D eigenvalue weighted by Gasteiger charge is 2.15. The summed E-state index contributed by atoms with van der Waals surface area (Å²) in [7, 11) is 1.44. The maximum atomic E-state index is 12.1. The second kappa shape index (κ2) is 10.1. The van der Waals surface area contributed by atoms with Crippen molar-refractivity contribution in [1.29, 1.82) is 5.26 Å². The van der Waals surface area contributed by atoms with E-state index in [1.165, 1.54) is 24.5 Å². The van der Waals surface area contributed by atoms with Gasteiger partial charge in [-0.3, -0.25) is 0 Å². The van der Waals surface area contributed by atoms with Crippen molar-refractivity contribution in [2.45, 2.75) is 19.8 Å². The molecule has 0 atom stereocenters. The van der Waals surface area contributed by atoms with Crippen LogP contribution in [0.15, 0.2) is 41.3 Å². The summed E-state index contributed by atoms with van der Waals surface area (Å²) in [5.41, 5.74) is 0.434. The molecule has 0 unspecified atom stereocenters. The first-order chi connectivity index (χ1) is 13.1. The number of ether oxygens (including phenoxy) is 3. The van der Waals surface area contributed by atoms with Gasteiger partial charge in [0.25, 0.3) is 0 Å². The van der Waals surface area contributed by atoms with E-state index in [1.54, 1.807) is 35.7 Å². The molecule has 0 aliphatic heterocycles. The van der Waals surface area contributed by atoms with Crippen LogP contribution in [0.3, 0.4) is 0 Å². The number of nitriles is 1. The lowest BCUT2D eigenvalue weighted by molar-refractivity contribution is -0.138. The molecule has 0 saturated heterocycles. The molecule has 0 N–H and O–H groups in total. The largest absolute Gasteiger partial charge is 0.493 e. The predicted octanol–water partition coefficient (Wildman–Crippen LogP) is 4.23. The second-order valence-electron chi connectivity index (χ2n) is 5.44. The lowest BCUT2D eigenvalue weighted by atomic mass is 10.1. The van der Waals surface area contributed by atoms with Crippen LogP contribution in [0, 0.1) is 11.3 Å². The Hall–Kier alpha value is -3.11. The van der Waals surface area contributed by atoms with E-state index in [4.69, 9.17) is 14.2 Å². The zero-order valence-electron chi connectivity index (χ0n) is 15.1. The van der Waals surface area contributed by atoms with Crippen molar-refractivity contribution in [2.24, 2.45) is 0 Å². The number of thiophene rings is 1. The molecule has 0 spiro atoms. The Balaban J connectivity index is 2.17. The normalized spacial score (nSPS) is 10.8. The number of carbonyl (C=O) groups is 2. The summed E-state index contributed by atoms with van der Waals surface area (Å²) >= 11 is 1.28. The van der Waals surface area contributed by atoms with Crippen LogP contribution in [0.1, 0.15) is 35.0 Å². The Morgan fingerprint density at radius 2 is 2.07 bits per heavy atom. The number of rotatable bonds is 8. The van der Waals surface area contributed by atoms with Crippen molar-refractivity contribution in [2.75, 3.05) is 13.7 Å². The first kappa shape index (κ1) is 20.2. The minimum absolute atomic E-state index is 0.114. The molecule has 0 aliphatic rings. The van der Waals surface area contributed by atoms with E-state index >= 15 is 0 Å². The summed E-state index contributed by atoms with van der Waals surface area (Å²) in [4.78, 5) is 24.5. The number of benzene rings is 1. The van der Waals surface area contributed by atoms with Gasteiger partial charge >= 0.3 is 11.9 Å². The Labute approximate surface area is 161 Å². The number of hydrogen-bond donors (Lipinski definition) is 0. The van der Waals surface area contributed by atoms with Crippen molar-refractivity contribution >= 4 is 29.4 Å². The number of unbranched alkanes of at least 4 members (excludes halogenated alkanes) is 1. The standard InChI is InChI=1S/C20H19NO5S/c1-3-4-9-25-19(22)15(13-21)11-14-7-8-16(17(12-14)24-2)26-20(23)18-6-5-10-27-18/h5-8,10-12H,3-4,9H2,1-2H3/b15-11+. The van der Waals surface area contributed by atoms with Crippen molar-refractivity contribution in [3.05, 3.63) is 51.7 Å². The van der Waals surface area contributed by atoms with Crippen LogP contribution in [0.25, 0.3) is 6.08 Å². The molecular formula is C20H19NO5S. The Morgan fingerprint density at radius 3 is 2.70 bits per heavy atom. The van der Waals surface area contributed by atoms with E-state index in [9.17, 15) is 14.9 Å². The Bertz CT molecular complexity index is 865. The zero-order chi connectivity index (χ0) is 19.6. The van der Waals surface area contributed by atoms with Crippen LogP contribution in [-0.4, -0.2) is 25.7 Å². The van der Waals surface area contributed by atoms with E-state index in [0.29, 0.717) is 16.2 Å². The van der Waals surface area contributed by atoms with Gasteiger partial charge in [-0.05, 0) is 41.6 Å². The highest BCUT2D eigenvalue weighted by Crippen LogP contribution is 2.30. The molecule has 140 valence electrons. The van der Waals surface area contributed by atoms with Gasteiger partial charge in [0.05, 0.1) is 13.7 Å². The number of nitrogens with zero attached hydrogens (tertiary/aromatic N) is 1. The highest BCUT2D eigenvalue weighted by molar-refractivity contribution is 7.12. The summed E-state index contributed by atoms with van der Waals surface area (Å²) < 4.78 is 15.7. The lowest BCUT2D eigenvalue weighted by Crippen LogP contribution is -2.08. The van der Waals surface area contributed by atoms with Crippen LogP contribution in [0.2, 0.25) is 0 Å². The Morgan fingerprint density at radius 1 is 1.26 bits per heavy atom. The monoisotopic (exact) mass is 385 g/mol. The van der Waals surface area contributed by atoms with Gasteiger partial charge in [-0.1, -0.05) is 25.5 Å². The summed E-state index contributed by atoms with van der Waals surface area (Å²) in [5.74, 6) is -0.593. The fourth-order valence-electron chi connectivity index (χ4n) is 2.09. The van der Waals surface area contributed by atoms with Crippen LogP contribution in [-0.2, 0) is 9.53 Å². The van der Waals surface area contributed by atoms with Gasteiger partial charge in [-0.2, -0.15) is 5.26 Å². The SMILES string of the molecule is CCCCOC(=O)/C(C#N)=C/c1ccc(OC(=O)c2cccs2)c(OC)c1. The summed E-state index contributed by atoms with van der Waals surface area (Å²) in [6.07, 6.45) is 3.03. The van der Waals surface area contributed by atoms with E-state index in [2.05, 4.69) is 0 Å². The molecule has 1 aromatic heterocycles. The zero-order valence-corrected chi connectivity index (χ0v) is 15.9. The molecular weight excluding hydrogens is 366 g/mol. The highest BCUT2D eigenvalue weighted by atomic mass is 32.1. The van der Waals surface area contributed by atoms with E-state index in [1.807, 2.05) is 13.0 Å². The molecule has 1 aromatic carbocycles. The van der Waals surface area contributed by atoms with E-state index in [0.717, 1.165) is 12.8 Å². The summed E-state index contributed by atoms with van der Waals surface area (Å²) in [5, 5.41) is 11.0. The average Bonchev–Trinajstić information content (AvgIpc) is 3.22. The van der Waals surface area contributed by atoms with Gasteiger partial charge in [-0.15, -0.1) is 11.3 Å². The van der Waals surface area contributed by atoms with Crippen LogP contribution >= 0.6 is 11.3 Å². The number of esters is 2. The smallest absolute Gasteiger partial charge is 0.353 e. The topological polar surface area (TPSA) is 85.6 Å². The molecule has 0 aliphatic carbocycles. The molecule has 6 nitrogen and oxygen atoms in total. The van der Waals surface area contributed by atoms with Gasteiger partial charge in [0.1, 0.15) is 16.5 Å². The first-order valence-electron chi connectivity index (χ1n) is 8.31. The van der Waals surface area contributed by atoms with Gasteiger partial charge in [-0.25, -0.2) is 9.59 Å². The fourth-order valence-corrected chi connectivity index (χ4v) is 2.69. The molecule has 0 fully saturated rings. The third kappa shape index (κ3) is 5.69. The predicted molar refractivity (Wildman–Crippen MR) is 102 cm³/mol. The molecule has 27 heavy (non-hydrogen) atoms. The average molecular weight is 385 g/mol. The van der Waals surface area contributed by atoms with Crippen LogP contribution < -0.4 is 9.47 Å². The van der Waals surface area contributed by atoms with Crippen molar-refractivity contribution < 1.29 is 23.8 Å². The van der Waals surface area contributed by atoms with E-state index < -0.39 is 11.9 Å². The second-order valence-corrected chi connectivity index (χ2v) is 6.38. The molecule has 0 amide bonds. The third-order valence-electron chi connectivity index (χ3n) is 3.50. The molecule has 2 rings (SSSR count). The Kier molecular flexibility index (Phi) is 7.59. The first-order valence-corrected chi connectivity index (χ1v) is 9.19. The van der Waals surface area contributed by atoms with Gasteiger partial charge in [0, 0.05) is 0 Å². The summed E-state index contributed by atoms with van der Waals surface area (Å²) in [6, 6.07) is 10.0. The fraction of sp³-hybridized carbons (Fsp3) is 0.250. The quantitative estimate of drug-likeness (QED) is 0.222. The number of methoxy groups -OCH3 is 1. The number of carbonyl (C=O) groups excluding carboxylic acids is 2. The van der Waals surface area contributed by atoms with Gasteiger partial charge in [0.15, 0.2) is 11.5 Å². The summed E-state index contributed by atoms with van der Waals surface area (Å²) in [6.45, 7) is 2.25. The van der Waals surface area contributed by atoms with Crippen LogP contribution in [0.4, 0.5) is 0 Å². The number of hydrogen-bond acceptors (Lipinski definition) is 7. The minimum Gasteiger partial charge on any atom is -0.493 e. The molecule has 7 heteroatoms. The molecule has 2 aromatic rings.